The zero-order valence-electron chi connectivity index (χ0n) is 11.3. The van der Waals surface area contributed by atoms with Gasteiger partial charge < -0.3 is 9.47 Å². The molecule has 0 radical (unpaired) electrons. The maximum Gasteiger partial charge on any atom is 0.434 e. The van der Waals surface area contributed by atoms with Gasteiger partial charge in [-0.1, -0.05) is 20.8 Å². The van der Waals surface area contributed by atoms with E-state index in [1.54, 1.807) is 4.57 Å². The summed E-state index contributed by atoms with van der Waals surface area (Å²) in [5.74, 6) is 0.519. The predicted octanol–water partition coefficient (Wildman–Crippen LogP) is 2.98. The minimum Gasteiger partial charge on any atom is -0.329 e. The van der Waals surface area contributed by atoms with Crippen molar-refractivity contribution in [1.82, 2.24) is 14.5 Å². The zero-order chi connectivity index (χ0) is 13.9. The second kappa shape index (κ2) is 5.73. The molecule has 104 valence electrons. The molecule has 0 atom stereocenters. The first kappa shape index (κ1) is 15.0. The molecule has 1 saturated heterocycles. The molecule has 0 aliphatic carbocycles. The third-order valence-electron chi connectivity index (χ3n) is 2.85. The first-order chi connectivity index (χ1) is 8.41. The fraction of sp³-hybridized carbons (Fsp3) is 0.750. The molecule has 0 amide bonds. The van der Waals surface area contributed by atoms with E-state index in [9.17, 15) is 13.2 Å². The molecule has 3 nitrogen and oxygen atoms in total. The van der Waals surface area contributed by atoms with Crippen LogP contribution in [0, 0.1) is 0 Å². The Balaban J connectivity index is 0.000000771. The first-order valence-corrected chi connectivity index (χ1v) is 6.25. The van der Waals surface area contributed by atoms with Crippen LogP contribution in [0.5, 0.6) is 0 Å². The third kappa shape index (κ3) is 3.04. The molecule has 0 aromatic carbocycles. The van der Waals surface area contributed by atoms with E-state index in [4.69, 9.17) is 0 Å². The van der Waals surface area contributed by atoms with Crippen molar-refractivity contribution in [2.45, 2.75) is 39.4 Å². The number of likely N-dealkylation sites (tertiary alicyclic amines) is 1. The van der Waals surface area contributed by atoms with Crippen molar-refractivity contribution in [3.63, 3.8) is 0 Å². The van der Waals surface area contributed by atoms with Crippen molar-refractivity contribution in [3.05, 3.63) is 17.7 Å². The quantitative estimate of drug-likeness (QED) is 0.818. The van der Waals surface area contributed by atoms with Gasteiger partial charge in [0.2, 0.25) is 0 Å². The van der Waals surface area contributed by atoms with Crippen LogP contribution < -0.4 is 0 Å². The highest BCUT2D eigenvalue weighted by atomic mass is 19.4. The summed E-state index contributed by atoms with van der Waals surface area (Å²) in [6, 6.07) is 0.142. The van der Waals surface area contributed by atoms with E-state index in [0.29, 0.717) is 12.2 Å². The molecule has 2 heterocycles. The number of aryl methyl sites for hydroxylation is 1. The smallest absolute Gasteiger partial charge is 0.329 e. The van der Waals surface area contributed by atoms with Crippen LogP contribution in [-0.2, 0) is 12.6 Å². The SMILES string of the molecule is CC.CCc1nc(C(F)(F)F)cn1C1CN(C)C1. The van der Waals surface area contributed by atoms with Gasteiger partial charge in [0, 0.05) is 25.7 Å². The number of halogens is 3. The van der Waals surface area contributed by atoms with Gasteiger partial charge in [-0.25, -0.2) is 4.98 Å². The molecule has 0 N–H and O–H groups in total. The molecule has 18 heavy (non-hydrogen) atoms. The molecule has 0 bridgehead atoms. The van der Waals surface area contributed by atoms with Gasteiger partial charge in [0.1, 0.15) is 5.82 Å². The third-order valence-corrected chi connectivity index (χ3v) is 2.85. The van der Waals surface area contributed by atoms with Gasteiger partial charge >= 0.3 is 6.18 Å². The minimum atomic E-state index is -4.34. The first-order valence-electron chi connectivity index (χ1n) is 6.25. The van der Waals surface area contributed by atoms with Gasteiger partial charge in [0.15, 0.2) is 5.69 Å². The number of likely N-dealkylation sites (N-methyl/N-ethyl adjacent to an activating group) is 1. The van der Waals surface area contributed by atoms with Crippen molar-refractivity contribution in [1.29, 1.82) is 0 Å². The molecule has 1 aromatic heterocycles. The molecule has 1 aliphatic rings. The summed E-state index contributed by atoms with van der Waals surface area (Å²) in [6.45, 7) is 7.41. The molecular weight excluding hydrogens is 243 g/mol. The van der Waals surface area contributed by atoms with E-state index in [1.807, 2.05) is 27.8 Å². The molecule has 0 spiro atoms. The summed E-state index contributed by atoms with van der Waals surface area (Å²) in [5, 5.41) is 0. The van der Waals surface area contributed by atoms with Crippen molar-refractivity contribution in [3.8, 4) is 0 Å². The van der Waals surface area contributed by atoms with Crippen LogP contribution in [-0.4, -0.2) is 34.6 Å². The van der Waals surface area contributed by atoms with Crippen LogP contribution in [0.1, 0.15) is 38.3 Å². The number of hydrogen-bond acceptors (Lipinski definition) is 2. The number of rotatable bonds is 2. The highest BCUT2D eigenvalue weighted by molar-refractivity contribution is 5.10. The van der Waals surface area contributed by atoms with Crippen molar-refractivity contribution in [2.24, 2.45) is 0 Å². The summed E-state index contributed by atoms with van der Waals surface area (Å²) in [6.07, 6.45) is -2.68. The Kier molecular flexibility index (Phi) is 4.78. The van der Waals surface area contributed by atoms with Gasteiger partial charge in [0.05, 0.1) is 6.04 Å². The van der Waals surface area contributed by atoms with E-state index in [2.05, 4.69) is 9.88 Å². The van der Waals surface area contributed by atoms with Crippen LogP contribution >= 0.6 is 0 Å². The summed E-state index contributed by atoms with van der Waals surface area (Å²) in [4.78, 5) is 5.71. The molecule has 1 fully saturated rings. The van der Waals surface area contributed by atoms with Gasteiger partial charge in [-0.05, 0) is 7.05 Å². The lowest BCUT2D eigenvalue weighted by atomic mass is 10.1. The van der Waals surface area contributed by atoms with E-state index in [-0.39, 0.29) is 6.04 Å². The van der Waals surface area contributed by atoms with E-state index >= 15 is 0 Å². The Morgan fingerprint density at radius 3 is 2.28 bits per heavy atom. The monoisotopic (exact) mass is 263 g/mol. The molecule has 2 rings (SSSR count). The normalized spacial score (nSPS) is 17.1. The molecule has 0 saturated carbocycles. The largest absolute Gasteiger partial charge is 0.434 e. The van der Waals surface area contributed by atoms with Gasteiger partial charge in [-0.2, -0.15) is 13.2 Å². The van der Waals surface area contributed by atoms with Crippen LogP contribution in [0.15, 0.2) is 6.20 Å². The molecule has 0 unspecified atom stereocenters. The average molecular weight is 263 g/mol. The number of aromatic nitrogens is 2. The molecule has 1 aliphatic heterocycles. The minimum absolute atomic E-state index is 0.142. The maximum absolute atomic E-state index is 12.5. The van der Waals surface area contributed by atoms with E-state index < -0.39 is 11.9 Å². The average Bonchev–Trinajstić information content (AvgIpc) is 2.70. The Labute approximate surface area is 106 Å². The van der Waals surface area contributed by atoms with Gasteiger partial charge in [-0.3, -0.25) is 0 Å². The van der Waals surface area contributed by atoms with Crippen LogP contribution in [0.2, 0.25) is 0 Å². The van der Waals surface area contributed by atoms with Crippen molar-refractivity contribution < 1.29 is 13.2 Å². The summed E-state index contributed by atoms with van der Waals surface area (Å²) >= 11 is 0. The van der Waals surface area contributed by atoms with Crippen molar-refractivity contribution >= 4 is 0 Å². The molecular formula is C12H20F3N3. The van der Waals surface area contributed by atoms with Crippen molar-refractivity contribution in [2.75, 3.05) is 20.1 Å². The van der Waals surface area contributed by atoms with Gasteiger partial charge in [0.25, 0.3) is 0 Å². The standard InChI is InChI=1S/C10H14F3N3.C2H6/c1-3-9-14-8(10(11,12)13)6-16(9)7-4-15(2)5-7;1-2/h6-7H,3-5H2,1-2H3;1-2H3. The Morgan fingerprint density at radius 2 is 1.89 bits per heavy atom. The second-order valence-corrected chi connectivity index (χ2v) is 4.18. The van der Waals surface area contributed by atoms with Crippen LogP contribution in [0.3, 0.4) is 0 Å². The second-order valence-electron chi connectivity index (χ2n) is 4.18. The van der Waals surface area contributed by atoms with E-state index in [0.717, 1.165) is 19.3 Å². The maximum atomic E-state index is 12.5. The zero-order valence-corrected chi connectivity index (χ0v) is 11.3. The van der Waals surface area contributed by atoms with Crippen LogP contribution in [0.25, 0.3) is 0 Å². The Hall–Kier alpha value is -1.04. The Morgan fingerprint density at radius 1 is 1.33 bits per heavy atom. The summed E-state index contributed by atoms with van der Waals surface area (Å²) in [5.41, 5.74) is -0.779. The fourth-order valence-electron chi connectivity index (χ4n) is 1.99. The number of hydrogen-bond donors (Lipinski definition) is 0. The van der Waals surface area contributed by atoms with E-state index in [1.165, 1.54) is 0 Å². The number of alkyl halides is 3. The van der Waals surface area contributed by atoms with Crippen LogP contribution in [0.4, 0.5) is 13.2 Å². The highest BCUT2D eigenvalue weighted by Crippen LogP contribution is 2.31. The van der Waals surface area contributed by atoms with Gasteiger partial charge in [-0.15, -0.1) is 0 Å². The Bertz CT molecular complexity index is 378. The fourth-order valence-corrected chi connectivity index (χ4v) is 1.99. The summed E-state index contributed by atoms with van der Waals surface area (Å²) < 4.78 is 39.1. The molecule has 1 aromatic rings. The summed E-state index contributed by atoms with van der Waals surface area (Å²) in [7, 11) is 1.95. The number of imidazole rings is 1. The lowest BCUT2D eigenvalue weighted by Crippen LogP contribution is -2.45. The topological polar surface area (TPSA) is 21.1 Å². The molecule has 6 heteroatoms. The number of nitrogens with zero attached hydrogens (tertiary/aromatic N) is 3. The lowest BCUT2D eigenvalue weighted by Gasteiger charge is -2.37. The lowest BCUT2D eigenvalue weighted by molar-refractivity contribution is -0.141. The highest BCUT2D eigenvalue weighted by Gasteiger charge is 2.36. The predicted molar refractivity (Wildman–Crippen MR) is 64.5 cm³/mol.